The molecule has 0 N–H and O–H groups in total. The van der Waals surface area contributed by atoms with Crippen molar-refractivity contribution in [2.45, 2.75) is 38.7 Å². The van der Waals surface area contributed by atoms with Crippen LogP contribution in [0.2, 0.25) is 0 Å². The summed E-state index contributed by atoms with van der Waals surface area (Å²) < 4.78 is 6.15. The lowest BCUT2D eigenvalue weighted by Crippen LogP contribution is -2.16. The fourth-order valence-electron chi connectivity index (χ4n) is 2.52. The predicted molar refractivity (Wildman–Crippen MR) is 76.5 cm³/mol. The standard InChI is InChI=1S/C17H19NO/c1-12(2)14-7-6-13-8-9-16(19-17(13)11-14)15-5-3-4-10-18-15/h3-7,10-12,16H,8-9H2,1-2H3. The minimum absolute atomic E-state index is 0.0936. The molecule has 19 heavy (non-hydrogen) atoms. The summed E-state index contributed by atoms with van der Waals surface area (Å²) in [5, 5.41) is 0. The van der Waals surface area contributed by atoms with Crippen molar-refractivity contribution in [3.63, 3.8) is 0 Å². The molecule has 1 atom stereocenters. The molecule has 1 unspecified atom stereocenters. The number of aryl methyl sites for hydroxylation is 1. The van der Waals surface area contributed by atoms with Crippen molar-refractivity contribution >= 4 is 0 Å². The van der Waals surface area contributed by atoms with Gasteiger partial charge in [0.25, 0.3) is 0 Å². The Morgan fingerprint density at radius 1 is 1.21 bits per heavy atom. The van der Waals surface area contributed by atoms with Gasteiger partial charge in [-0.25, -0.2) is 0 Å². The number of aromatic nitrogens is 1. The average molecular weight is 253 g/mol. The molecule has 0 spiro atoms. The van der Waals surface area contributed by atoms with Crippen molar-refractivity contribution in [3.8, 4) is 5.75 Å². The van der Waals surface area contributed by atoms with Crippen molar-refractivity contribution in [1.82, 2.24) is 4.98 Å². The molecular formula is C17H19NO. The summed E-state index contributed by atoms with van der Waals surface area (Å²) in [7, 11) is 0. The molecule has 3 rings (SSSR count). The number of hydrogen-bond donors (Lipinski definition) is 0. The van der Waals surface area contributed by atoms with Crippen LogP contribution in [0.3, 0.4) is 0 Å². The topological polar surface area (TPSA) is 22.1 Å². The zero-order valence-electron chi connectivity index (χ0n) is 11.5. The van der Waals surface area contributed by atoms with Crippen molar-refractivity contribution in [1.29, 1.82) is 0 Å². The van der Waals surface area contributed by atoms with E-state index in [9.17, 15) is 0 Å². The lowest BCUT2D eigenvalue weighted by Gasteiger charge is -2.26. The Balaban J connectivity index is 1.88. The first kappa shape index (κ1) is 12.2. The predicted octanol–water partition coefficient (Wildman–Crippen LogP) is 4.27. The number of benzene rings is 1. The molecule has 1 aromatic carbocycles. The summed E-state index contributed by atoms with van der Waals surface area (Å²) in [4.78, 5) is 4.41. The molecule has 0 aliphatic carbocycles. The van der Waals surface area contributed by atoms with Crippen LogP contribution in [0, 0.1) is 0 Å². The van der Waals surface area contributed by atoms with Gasteiger partial charge in [-0.15, -0.1) is 0 Å². The Bertz CT molecular complexity index is 563. The molecule has 1 aromatic heterocycles. The summed E-state index contributed by atoms with van der Waals surface area (Å²) in [5.74, 6) is 1.57. The molecule has 0 fully saturated rings. The third-order valence-electron chi connectivity index (χ3n) is 3.72. The minimum Gasteiger partial charge on any atom is -0.484 e. The summed E-state index contributed by atoms with van der Waals surface area (Å²) in [6, 6.07) is 12.6. The van der Waals surface area contributed by atoms with Gasteiger partial charge in [-0.1, -0.05) is 32.0 Å². The van der Waals surface area contributed by atoms with E-state index in [0.717, 1.165) is 24.3 Å². The summed E-state index contributed by atoms with van der Waals surface area (Å²) in [6.45, 7) is 4.42. The Hall–Kier alpha value is -1.83. The maximum Gasteiger partial charge on any atom is 0.141 e. The monoisotopic (exact) mass is 253 g/mol. The van der Waals surface area contributed by atoms with E-state index in [1.165, 1.54) is 11.1 Å². The second-order valence-electron chi connectivity index (χ2n) is 5.42. The van der Waals surface area contributed by atoms with Crippen molar-refractivity contribution in [2.75, 3.05) is 0 Å². The molecule has 0 saturated carbocycles. The van der Waals surface area contributed by atoms with E-state index in [4.69, 9.17) is 4.74 Å². The van der Waals surface area contributed by atoms with Crippen LogP contribution in [-0.4, -0.2) is 4.98 Å². The van der Waals surface area contributed by atoms with E-state index in [1.807, 2.05) is 24.4 Å². The van der Waals surface area contributed by atoms with Gasteiger partial charge in [0.15, 0.2) is 0 Å². The van der Waals surface area contributed by atoms with Gasteiger partial charge in [0.1, 0.15) is 11.9 Å². The van der Waals surface area contributed by atoms with Gasteiger partial charge in [0.05, 0.1) is 5.69 Å². The Morgan fingerprint density at radius 3 is 2.84 bits per heavy atom. The van der Waals surface area contributed by atoms with E-state index in [0.29, 0.717) is 5.92 Å². The van der Waals surface area contributed by atoms with Crippen LogP contribution in [0.5, 0.6) is 5.75 Å². The van der Waals surface area contributed by atoms with Crippen LogP contribution in [0.25, 0.3) is 0 Å². The van der Waals surface area contributed by atoms with E-state index in [2.05, 4.69) is 37.0 Å². The lowest BCUT2D eigenvalue weighted by molar-refractivity contribution is 0.172. The molecule has 0 saturated heterocycles. The number of ether oxygens (including phenoxy) is 1. The van der Waals surface area contributed by atoms with E-state index in [1.54, 1.807) is 0 Å². The summed E-state index contributed by atoms with van der Waals surface area (Å²) in [5.41, 5.74) is 3.68. The normalized spacial score (nSPS) is 17.9. The van der Waals surface area contributed by atoms with Gasteiger partial charge in [-0.3, -0.25) is 4.98 Å². The highest BCUT2D eigenvalue weighted by Crippen LogP contribution is 2.35. The number of fused-ring (bicyclic) bond motifs is 1. The molecule has 2 heteroatoms. The first-order chi connectivity index (χ1) is 9.24. The zero-order valence-corrected chi connectivity index (χ0v) is 11.5. The largest absolute Gasteiger partial charge is 0.484 e. The van der Waals surface area contributed by atoms with E-state index < -0.39 is 0 Å². The molecule has 98 valence electrons. The van der Waals surface area contributed by atoms with Gasteiger partial charge in [-0.05, 0) is 48.1 Å². The van der Waals surface area contributed by atoms with Crippen LogP contribution in [-0.2, 0) is 6.42 Å². The van der Waals surface area contributed by atoms with Gasteiger partial charge < -0.3 is 4.74 Å². The molecule has 0 bridgehead atoms. The molecule has 1 aliphatic heterocycles. The first-order valence-electron chi connectivity index (χ1n) is 6.94. The fourth-order valence-corrected chi connectivity index (χ4v) is 2.52. The highest BCUT2D eigenvalue weighted by molar-refractivity contribution is 5.40. The number of hydrogen-bond acceptors (Lipinski definition) is 2. The molecular weight excluding hydrogens is 234 g/mol. The van der Waals surface area contributed by atoms with Crippen LogP contribution in [0.4, 0.5) is 0 Å². The van der Waals surface area contributed by atoms with Crippen LogP contribution in [0.15, 0.2) is 42.6 Å². The molecule has 2 nitrogen and oxygen atoms in total. The summed E-state index contributed by atoms with van der Waals surface area (Å²) >= 11 is 0. The third-order valence-corrected chi connectivity index (χ3v) is 3.72. The van der Waals surface area contributed by atoms with Crippen molar-refractivity contribution in [3.05, 3.63) is 59.4 Å². The number of pyridine rings is 1. The van der Waals surface area contributed by atoms with Gasteiger partial charge in [0, 0.05) is 6.20 Å². The third kappa shape index (κ3) is 2.48. The van der Waals surface area contributed by atoms with E-state index >= 15 is 0 Å². The molecule has 0 radical (unpaired) electrons. The lowest BCUT2D eigenvalue weighted by atomic mass is 9.95. The first-order valence-corrected chi connectivity index (χ1v) is 6.94. The van der Waals surface area contributed by atoms with Crippen LogP contribution in [0.1, 0.15) is 49.1 Å². The average Bonchev–Trinajstić information content (AvgIpc) is 2.47. The second-order valence-corrected chi connectivity index (χ2v) is 5.42. The number of rotatable bonds is 2. The molecule has 2 heterocycles. The van der Waals surface area contributed by atoms with Gasteiger partial charge >= 0.3 is 0 Å². The van der Waals surface area contributed by atoms with Gasteiger partial charge in [-0.2, -0.15) is 0 Å². The highest BCUT2D eigenvalue weighted by Gasteiger charge is 2.22. The van der Waals surface area contributed by atoms with Crippen molar-refractivity contribution < 1.29 is 4.74 Å². The fraction of sp³-hybridized carbons (Fsp3) is 0.353. The quantitative estimate of drug-likeness (QED) is 0.797. The zero-order chi connectivity index (χ0) is 13.2. The van der Waals surface area contributed by atoms with Crippen LogP contribution < -0.4 is 4.74 Å². The smallest absolute Gasteiger partial charge is 0.141 e. The maximum absolute atomic E-state index is 6.15. The van der Waals surface area contributed by atoms with Crippen LogP contribution >= 0.6 is 0 Å². The SMILES string of the molecule is CC(C)c1ccc2c(c1)OC(c1ccccn1)CC2. The number of nitrogens with zero attached hydrogens (tertiary/aromatic N) is 1. The maximum atomic E-state index is 6.15. The molecule has 2 aromatic rings. The Kier molecular flexibility index (Phi) is 3.24. The Morgan fingerprint density at radius 2 is 2.11 bits per heavy atom. The minimum atomic E-state index is 0.0936. The molecule has 1 aliphatic rings. The van der Waals surface area contributed by atoms with Gasteiger partial charge in [0.2, 0.25) is 0 Å². The summed E-state index contributed by atoms with van der Waals surface area (Å²) in [6.07, 6.45) is 4.00. The van der Waals surface area contributed by atoms with E-state index in [-0.39, 0.29) is 6.10 Å². The van der Waals surface area contributed by atoms with Crippen molar-refractivity contribution in [2.24, 2.45) is 0 Å². The highest BCUT2D eigenvalue weighted by atomic mass is 16.5. The second kappa shape index (κ2) is 5.04. The molecule has 0 amide bonds. The Labute approximate surface area is 114 Å².